The van der Waals surface area contributed by atoms with Gasteiger partial charge in [0.2, 0.25) is 0 Å². The standard InChI is InChI=1S/C8H12O3/c1-3-4-7(6(2)9)5-8(10)11/h4H,3,5H2,1-2H3,(H,10,11)/b7-4+. The van der Waals surface area contributed by atoms with E-state index in [0.717, 1.165) is 0 Å². The maximum Gasteiger partial charge on any atom is 0.307 e. The highest BCUT2D eigenvalue weighted by Gasteiger charge is 2.06. The normalized spacial score (nSPS) is 11.3. The first-order valence-electron chi connectivity index (χ1n) is 3.49. The number of carbonyl (C=O) groups excluding carboxylic acids is 1. The highest BCUT2D eigenvalue weighted by atomic mass is 16.4. The summed E-state index contributed by atoms with van der Waals surface area (Å²) in [6.45, 7) is 3.25. The van der Waals surface area contributed by atoms with Gasteiger partial charge in [0.05, 0.1) is 6.42 Å². The van der Waals surface area contributed by atoms with Crippen LogP contribution in [0, 0.1) is 0 Å². The number of aliphatic carboxylic acids is 1. The third-order valence-corrected chi connectivity index (χ3v) is 1.24. The zero-order valence-corrected chi connectivity index (χ0v) is 6.76. The van der Waals surface area contributed by atoms with Crippen LogP contribution in [0.1, 0.15) is 26.7 Å². The molecule has 0 unspecified atom stereocenters. The zero-order valence-electron chi connectivity index (χ0n) is 6.76. The van der Waals surface area contributed by atoms with Crippen molar-refractivity contribution >= 4 is 11.8 Å². The van der Waals surface area contributed by atoms with Crippen LogP contribution in [0.4, 0.5) is 0 Å². The van der Waals surface area contributed by atoms with Gasteiger partial charge in [0, 0.05) is 5.57 Å². The summed E-state index contributed by atoms with van der Waals surface area (Å²) in [4.78, 5) is 20.9. The maximum absolute atomic E-state index is 10.7. The predicted molar refractivity (Wildman–Crippen MR) is 41.3 cm³/mol. The Morgan fingerprint density at radius 2 is 2.00 bits per heavy atom. The van der Waals surface area contributed by atoms with E-state index in [0.29, 0.717) is 12.0 Å². The average Bonchev–Trinajstić information content (AvgIpc) is 1.86. The first kappa shape index (κ1) is 9.88. The van der Waals surface area contributed by atoms with Gasteiger partial charge < -0.3 is 5.11 Å². The molecule has 0 aliphatic rings. The quantitative estimate of drug-likeness (QED) is 0.626. The first-order valence-corrected chi connectivity index (χ1v) is 3.49. The van der Waals surface area contributed by atoms with Crippen molar-refractivity contribution in [2.75, 3.05) is 0 Å². The van der Waals surface area contributed by atoms with Gasteiger partial charge in [0.25, 0.3) is 0 Å². The number of carboxylic acids is 1. The molecule has 0 spiro atoms. The molecule has 11 heavy (non-hydrogen) atoms. The van der Waals surface area contributed by atoms with E-state index in [1.165, 1.54) is 6.92 Å². The molecule has 0 saturated heterocycles. The summed E-state index contributed by atoms with van der Waals surface area (Å²) in [5.74, 6) is -1.12. The molecule has 0 amide bonds. The highest BCUT2D eigenvalue weighted by Crippen LogP contribution is 2.03. The minimum atomic E-state index is -0.958. The molecule has 3 heteroatoms. The lowest BCUT2D eigenvalue weighted by molar-refractivity contribution is -0.136. The number of carbonyl (C=O) groups is 2. The number of carboxylic acid groups (broad SMARTS) is 1. The van der Waals surface area contributed by atoms with Gasteiger partial charge >= 0.3 is 5.97 Å². The van der Waals surface area contributed by atoms with Gasteiger partial charge in [-0.15, -0.1) is 0 Å². The molecule has 1 N–H and O–H groups in total. The highest BCUT2D eigenvalue weighted by molar-refractivity contribution is 5.97. The van der Waals surface area contributed by atoms with Crippen molar-refractivity contribution in [1.82, 2.24) is 0 Å². The summed E-state index contributed by atoms with van der Waals surface area (Å²) in [6, 6.07) is 0. The second-order valence-electron chi connectivity index (χ2n) is 2.26. The van der Waals surface area contributed by atoms with E-state index in [9.17, 15) is 9.59 Å². The molecule has 0 atom stereocenters. The van der Waals surface area contributed by atoms with E-state index in [2.05, 4.69) is 0 Å². The van der Waals surface area contributed by atoms with Gasteiger partial charge in [-0.3, -0.25) is 9.59 Å². The molecule has 0 bridgehead atoms. The second kappa shape index (κ2) is 4.66. The maximum atomic E-state index is 10.7. The van der Waals surface area contributed by atoms with Crippen molar-refractivity contribution in [2.45, 2.75) is 26.7 Å². The summed E-state index contributed by atoms with van der Waals surface area (Å²) in [6.07, 6.45) is 2.18. The van der Waals surface area contributed by atoms with Crippen molar-refractivity contribution in [3.63, 3.8) is 0 Å². The SMILES string of the molecule is CC/C=C(\CC(=O)O)C(C)=O. The van der Waals surface area contributed by atoms with Crippen molar-refractivity contribution < 1.29 is 14.7 Å². The fourth-order valence-corrected chi connectivity index (χ4v) is 0.750. The predicted octanol–water partition coefficient (Wildman–Crippen LogP) is 1.39. The summed E-state index contributed by atoms with van der Waals surface area (Å²) in [7, 11) is 0. The number of ketones is 1. The Kier molecular flexibility index (Phi) is 4.18. The largest absolute Gasteiger partial charge is 0.481 e. The van der Waals surface area contributed by atoms with E-state index < -0.39 is 5.97 Å². The lowest BCUT2D eigenvalue weighted by Crippen LogP contribution is -2.04. The molecule has 0 saturated carbocycles. The monoisotopic (exact) mass is 156 g/mol. The number of rotatable bonds is 4. The molecular weight excluding hydrogens is 144 g/mol. The zero-order chi connectivity index (χ0) is 8.85. The van der Waals surface area contributed by atoms with Crippen molar-refractivity contribution in [3.8, 4) is 0 Å². The van der Waals surface area contributed by atoms with Gasteiger partial charge in [-0.2, -0.15) is 0 Å². The van der Waals surface area contributed by atoms with E-state index in [4.69, 9.17) is 5.11 Å². The molecule has 3 nitrogen and oxygen atoms in total. The summed E-state index contributed by atoms with van der Waals surface area (Å²) < 4.78 is 0. The molecule has 0 heterocycles. The van der Waals surface area contributed by atoms with Gasteiger partial charge in [-0.1, -0.05) is 13.0 Å². The van der Waals surface area contributed by atoms with E-state index >= 15 is 0 Å². The van der Waals surface area contributed by atoms with E-state index in [1.54, 1.807) is 6.08 Å². The van der Waals surface area contributed by atoms with Crippen LogP contribution >= 0.6 is 0 Å². The Hall–Kier alpha value is -1.12. The molecule has 0 aliphatic carbocycles. The lowest BCUT2D eigenvalue weighted by atomic mass is 10.1. The Labute approximate surface area is 65.7 Å². The van der Waals surface area contributed by atoms with E-state index in [-0.39, 0.29) is 12.2 Å². The molecule has 0 radical (unpaired) electrons. The summed E-state index contributed by atoms with van der Waals surface area (Å²) >= 11 is 0. The number of allylic oxidation sites excluding steroid dienone is 1. The third kappa shape index (κ3) is 4.31. The van der Waals surface area contributed by atoms with Crippen molar-refractivity contribution in [3.05, 3.63) is 11.6 Å². The smallest absolute Gasteiger partial charge is 0.307 e. The van der Waals surface area contributed by atoms with Crippen LogP contribution in [0.25, 0.3) is 0 Å². The van der Waals surface area contributed by atoms with Crippen LogP contribution in [-0.2, 0) is 9.59 Å². The molecule has 0 aromatic carbocycles. The van der Waals surface area contributed by atoms with Gasteiger partial charge in [0.15, 0.2) is 5.78 Å². The molecule has 0 rings (SSSR count). The minimum Gasteiger partial charge on any atom is -0.481 e. The fourth-order valence-electron chi connectivity index (χ4n) is 0.750. The molecule has 0 aliphatic heterocycles. The summed E-state index contributed by atoms with van der Waals surface area (Å²) in [5.41, 5.74) is 0.389. The van der Waals surface area contributed by atoms with Crippen LogP contribution in [-0.4, -0.2) is 16.9 Å². The average molecular weight is 156 g/mol. The Morgan fingerprint density at radius 3 is 2.27 bits per heavy atom. The summed E-state index contributed by atoms with van der Waals surface area (Å²) in [5, 5.41) is 8.37. The Balaban J connectivity index is 4.23. The number of hydrogen-bond acceptors (Lipinski definition) is 2. The number of Topliss-reactive ketones (excluding diaryl/α,β-unsaturated/α-hetero) is 1. The Bertz CT molecular complexity index is 192. The Morgan fingerprint density at radius 1 is 1.45 bits per heavy atom. The topological polar surface area (TPSA) is 54.4 Å². The molecule has 62 valence electrons. The molecule has 0 fully saturated rings. The van der Waals surface area contributed by atoms with Crippen LogP contribution in [0.15, 0.2) is 11.6 Å². The van der Waals surface area contributed by atoms with Gasteiger partial charge in [-0.05, 0) is 13.3 Å². The third-order valence-electron chi connectivity index (χ3n) is 1.24. The lowest BCUT2D eigenvalue weighted by Gasteiger charge is -1.97. The van der Waals surface area contributed by atoms with Crippen LogP contribution in [0.2, 0.25) is 0 Å². The molecule has 0 aromatic heterocycles. The minimum absolute atomic E-state index is 0.158. The van der Waals surface area contributed by atoms with Gasteiger partial charge in [0.1, 0.15) is 0 Å². The first-order chi connectivity index (χ1) is 5.07. The van der Waals surface area contributed by atoms with Gasteiger partial charge in [-0.25, -0.2) is 0 Å². The fraction of sp³-hybridized carbons (Fsp3) is 0.500. The number of hydrogen-bond donors (Lipinski definition) is 1. The van der Waals surface area contributed by atoms with E-state index in [1.807, 2.05) is 6.92 Å². The van der Waals surface area contributed by atoms with Crippen LogP contribution < -0.4 is 0 Å². The van der Waals surface area contributed by atoms with Crippen molar-refractivity contribution in [2.24, 2.45) is 0 Å². The van der Waals surface area contributed by atoms with Crippen LogP contribution in [0.5, 0.6) is 0 Å². The molecular formula is C8H12O3. The molecule has 0 aromatic rings. The second-order valence-corrected chi connectivity index (χ2v) is 2.26. The van der Waals surface area contributed by atoms with Crippen LogP contribution in [0.3, 0.4) is 0 Å². The van der Waals surface area contributed by atoms with Crippen molar-refractivity contribution in [1.29, 1.82) is 0 Å².